The molecule has 0 spiro atoms. The number of benzene rings is 2. The quantitative estimate of drug-likeness (QED) is 0.786. The number of nitriles is 1. The topological polar surface area (TPSA) is 45.0 Å². The summed E-state index contributed by atoms with van der Waals surface area (Å²) in [4.78, 5) is 0. The highest BCUT2D eigenvalue weighted by atomic mass is 28.4. The number of nitrogens with zero attached hydrogens (tertiary/aromatic N) is 1. The van der Waals surface area contributed by atoms with Crippen LogP contribution >= 0.6 is 0 Å². The van der Waals surface area contributed by atoms with Gasteiger partial charge in [-0.05, 0) is 41.2 Å². The molecule has 1 fully saturated rings. The van der Waals surface area contributed by atoms with Crippen molar-refractivity contribution in [1.82, 2.24) is 5.32 Å². The zero-order valence-electron chi connectivity index (χ0n) is 17.3. The fourth-order valence-electron chi connectivity index (χ4n) is 4.43. The summed E-state index contributed by atoms with van der Waals surface area (Å²) < 4.78 is 7.02. The van der Waals surface area contributed by atoms with Crippen molar-refractivity contribution >= 4 is 18.7 Å². The van der Waals surface area contributed by atoms with Crippen LogP contribution in [0.1, 0.15) is 40.0 Å². The number of hydrogen-bond donors (Lipinski definition) is 1. The molecule has 1 aliphatic rings. The fourth-order valence-corrected chi connectivity index (χ4v) is 9.04. The Hall–Kier alpha value is -1.93. The highest BCUT2D eigenvalue weighted by molar-refractivity contribution is 6.99. The molecule has 3 rings (SSSR count). The molecule has 2 unspecified atom stereocenters. The lowest BCUT2D eigenvalue weighted by molar-refractivity contribution is 0.242. The second-order valence-corrected chi connectivity index (χ2v) is 13.1. The molecular weight excluding hydrogens is 360 g/mol. The maximum atomic E-state index is 9.44. The Morgan fingerprint density at radius 3 is 2.11 bits per heavy atom. The molecule has 0 aromatic heterocycles. The van der Waals surface area contributed by atoms with Crippen molar-refractivity contribution in [3.05, 3.63) is 60.7 Å². The molecule has 148 valence electrons. The highest BCUT2D eigenvalue weighted by Gasteiger charge is 2.50. The van der Waals surface area contributed by atoms with Crippen molar-refractivity contribution in [2.45, 2.75) is 51.1 Å². The van der Waals surface area contributed by atoms with E-state index in [4.69, 9.17) is 4.43 Å². The third-order valence-corrected chi connectivity index (χ3v) is 10.8. The van der Waals surface area contributed by atoms with Crippen LogP contribution in [0.15, 0.2) is 60.7 Å². The van der Waals surface area contributed by atoms with Gasteiger partial charge in [0.1, 0.15) is 0 Å². The van der Waals surface area contributed by atoms with Crippen molar-refractivity contribution in [3.63, 3.8) is 0 Å². The first-order chi connectivity index (χ1) is 13.5. The zero-order chi connectivity index (χ0) is 20.0. The van der Waals surface area contributed by atoms with E-state index in [1.165, 1.54) is 10.4 Å². The summed E-state index contributed by atoms with van der Waals surface area (Å²) in [6.45, 7) is 8.52. The van der Waals surface area contributed by atoms with Gasteiger partial charge in [-0.1, -0.05) is 81.4 Å². The van der Waals surface area contributed by atoms with Crippen LogP contribution in [-0.4, -0.2) is 27.5 Å². The normalized spacial score (nSPS) is 20.9. The minimum Gasteiger partial charge on any atom is -0.406 e. The van der Waals surface area contributed by atoms with E-state index in [1.807, 2.05) is 0 Å². The Bertz CT molecular complexity index is 740. The van der Waals surface area contributed by atoms with Crippen LogP contribution in [0.4, 0.5) is 0 Å². The summed E-state index contributed by atoms with van der Waals surface area (Å²) in [5.74, 6) is 0.128. The molecule has 1 aliphatic heterocycles. The smallest absolute Gasteiger partial charge is 0.261 e. The van der Waals surface area contributed by atoms with Gasteiger partial charge in [-0.15, -0.1) is 0 Å². The standard InChI is InChI=1S/C24H32N2OSi/c1-24(2,3)28(22-12-6-4-7-13-22,23-14-8-5-9-15-23)27-19-21-17-20(18-25)11-10-16-26-21/h4-9,12-15,20-21,26H,10-11,16-17,19H2,1-3H3. The van der Waals surface area contributed by atoms with Crippen LogP contribution in [0.3, 0.4) is 0 Å². The molecule has 0 amide bonds. The lowest BCUT2D eigenvalue weighted by Gasteiger charge is -2.43. The summed E-state index contributed by atoms with van der Waals surface area (Å²) in [6.07, 6.45) is 2.92. The van der Waals surface area contributed by atoms with E-state index in [-0.39, 0.29) is 17.0 Å². The van der Waals surface area contributed by atoms with Crippen molar-refractivity contribution < 1.29 is 4.43 Å². The minimum absolute atomic E-state index is 0.0188. The maximum Gasteiger partial charge on any atom is 0.261 e. The van der Waals surface area contributed by atoms with Gasteiger partial charge in [0, 0.05) is 12.0 Å². The van der Waals surface area contributed by atoms with Crippen LogP contribution in [0.2, 0.25) is 5.04 Å². The molecule has 2 atom stereocenters. The monoisotopic (exact) mass is 392 g/mol. The van der Waals surface area contributed by atoms with Crippen molar-refractivity contribution in [1.29, 1.82) is 5.26 Å². The Morgan fingerprint density at radius 1 is 1.04 bits per heavy atom. The molecule has 4 heteroatoms. The molecule has 0 aliphatic carbocycles. The van der Waals surface area contributed by atoms with Gasteiger partial charge in [0.25, 0.3) is 8.32 Å². The van der Waals surface area contributed by atoms with Gasteiger partial charge in [0.05, 0.1) is 12.7 Å². The molecule has 1 heterocycles. The lowest BCUT2D eigenvalue weighted by atomic mass is 9.99. The van der Waals surface area contributed by atoms with Crippen LogP contribution in [0.25, 0.3) is 0 Å². The minimum atomic E-state index is -2.50. The molecule has 1 N–H and O–H groups in total. The van der Waals surface area contributed by atoms with Crippen molar-refractivity contribution in [2.24, 2.45) is 5.92 Å². The van der Waals surface area contributed by atoms with Crippen LogP contribution in [0, 0.1) is 17.2 Å². The first kappa shape index (κ1) is 20.8. The van der Waals surface area contributed by atoms with E-state index in [0.29, 0.717) is 6.61 Å². The zero-order valence-corrected chi connectivity index (χ0v) is 18.3. The Labute approximate surface area is 170 Å². The van der Waals surface area contributed by atoms with Gasteiger partial charge >= 0.3 is 0 Å². The van der Waals surface area contributed by atoms with Gasteiger partial charge in [-0.2, -0.15) is 5.26 Å². The Morgan fingerprint density at radius 2 is 1.61 bits per heavy atom. The average molecular weight is 393 g/mol. The van der Waals surface area contributed by atoms with E-state index in [2.05, 4.69) is 92.8 Å². The largest absolute Gasteiger partial charge is 0.406 e. The van der Waals surface area contributed by atoms with E-state index in [1.54, 1.807) is 0 Å². The summed E-state index contributed by atoms with van der Waals surface area (Å²) in [7, 11) is -2.50. The van der Waals surface area contributed by atoms with Crippen molar-refractivity contribution in [2.75, 3.05) is 13.2 Å². The Balaban J connectivity index is 1.98. The third-order valence-electron chi connectivity index (χ3n) is 5.83. The third kappa shape index (κ3) is 4.38. The fraction of sp³-hybridized carbons (Fsp3) is 0.458. The van der Waals surface area contributed by atoms with Crippen molar-refractivity contribution in [3.8, 4) is 6.07 Å². The molecule has 0 saturated carbocycles. The molecule has 0 radical (unpaired) electrons. The van der Waals surface area contributed by atoms with Crippen LogP contribution in [-0.2, 0) is 4.43 Å². The molecule has 28 heavy (non-hydrogen) atoms. The summed E-state index contributed by atoms with van der Waals surface area (Å²) in [5.41, 5.74) is 0. The van der Waals surface area contributed by atoms with Gasteiger partial charge in [-0.25, -0.2) is 0 Å². The highest BCUT2D eigenvalue weighted by Crippen LogP contribution is 2.37. The van der Waals surface area contributed by atoms with E-state index in [9.17, 15) is 5.26 Å². The maximum absolute atomic E-state index is 9.44. The van der Waals surface area contributed by atoms with E-state index < -0.39 is 8.32 Å². The summed E-state index contributed by atoms with van der Waals surface area (Å²) >= 11 is 0. The SMILES string of the molecule is CC(C)(C)[Si](OCC1CC(C#N)CCCN1)(c1ccccc1)c1ccccc1. The molecule has 0 bridgehead atoms. The number of rotatable bonds is 5. The molecule has 3 nitrogen and oxygen atoms in total. The predicted molar refractivity (Wildman–Crippen MR) is 118 cm³/mol. The van der Waals surface area contributed by atoms with Gasteiger partial charge in [0.15, 0.2) is 0 Å². The lowest BCUT2D eigenvalue weighted by Crippen LogP contribution is -2.67. The van der Waals surface area contributed by atoms with E-state index >= 15 is 0 Å². The average Bonchev–Trinajstić information content (AvgIpc) is 2.94. The van der Waals surface area contributed by atoms with Gasteiger partial charge < -0.3 is 9.74 Å². The molecular formula is C24H32N2OSi. The first-order valence-electron chi connectivity index (χ1n) is 10.4. The summed E-state index contributed by atoms with van der Waals surface area (Å²) in [6, 6.07) is 24.2. The van der Waals surface area contributed by atoms with Crippen LogP contribution in [0.5, 0.6) is 0 Å². The predicted octanol–water partition coefficient (Wildman–Crippen LogP) is 3.84. The summed E-state index contributed by atoms with van der Waals surface area (Å²) in [5, 5.41) is 15.6. The molecule has 1 saturated heterocycles. The van der Waals surface area contributed by atoms with Crippen LogP contribution < -0.4 is 15.7 Å². The molecule has 2 aromatic carbocycles. The first-order valence-corrected chi connectivity index (χ1v) is 12.3. The van der Waals surface area contributed by atoms with Gasteiger partial charge in [0.2, 0.25) is 0 Å². The van der Waals surface area contributed by atoms with E-state index in [0.717, 1.165) is 25.8 Å². The Kier molecular flexibility index (Phi) is 6.72. The van der Waals surface area contributed by atoms with Gasteiger partial charge in [-0.3, -0.25) is 0 Å². The number of hydrogen-bond acceptors (Lipinski definition) is 3. The molecule has 2 aromatic rings. The second kappa shape index (κ2) is 9.04. The second-order valence-electron chi connectivity index (χ2n) is 8.83. The number of nitrogens with one attached hydrogen (secondary N) is 1.